The summed E-state index contributed by atoms with van der Waals surface area (Å²) in [5.74, 6) is 0. The van der Waals surface area contributed by atoms with Crippen LogP contribution >= 0.6 is 0 Å². The van der Waals surface area contributed by atoms with E-state index < -0.39 is 0 Å². The van der Waals surface area contributed by atoms with Crippen molar-refractivity contribution in [1.29, 1.82) is 0 Å². The normalized spacial score (nSPS) is 11.9. The van der Waals surface area contributed by atoms with Crippen LogP contribution in [0.4, 0.5) is 5.69 Å². The van der Waals surface area contributed by atoms with E-state index >= 15 is 0 Å². The molecular formula is C26H27N. The lowest BCUT2D eigenvalue weighted by Crippen LogP contribution is -2.05. The molecule has 0 aliphatic rings. The fourth-order valence-corrected chi connectivity index (χ4v) is 3.82. The molecule has 0 saturated carbocycles. The monoisotopic (exact) mass is 353 g/mol. The van der Waals surface area contributed by atoms with Gasteiger partial charge in [-0.05, 0) is 66.8 Å². The zero-order valence-corrected chi connectivity index (χ0v) is 16.7. The number of hydrogen-bond donors (Lipinski definition) is 1. The Balaban J connectivity index is 2.24. The number of nitrogens with one attached hydrogen (secondary N) is 1. The van der Waals surface area contributed by atoms with Crippen LogP contribution in [0.1, 0.15) is 27.8 Å². The van der Waals surface area contributed by atoms with Crippen molar-refractivity contribution in [2.45, 2.75) is 27.7 Å². The van der Waals surface area contributed by atoms with Gasteiger partial charge in [-0.2, -0.15) is 0 Å². The van der Waals surface area contributed by atoms with Gasteiger partial charge in [-0.3, -0.25) is 0 Å². The molecule has 0 aliphatic heterocycles. The highest BCUT2D eigenvalue weighted by Gasteiger charge is 2.13. The van der Waals surface area contributed by atoms with Crippen LogP contribution in [0.15, 0.2) is 79.5 Å². The quantitative estimate of drug-likeness (QED) is 0.476. The smallest absolute Gasteiger partial charge is 0.0458 e. The molecule has 0 aliphatic carbocycles. The minimum absolute atomic E-state index is 0.972. The van der Waals surface area contributed by atoms with Crippen molar-refractivity contribution in [3.05, 3.63) is 107 Å². The number of hydrogen-bond acceptors (Lipinski definition) is 1. The third-order valence-corrected chi connectivity index (χ3v) is 5.04. The molecule has 136 valence electrons. The first-order chi connectivity index (χ1) is 13.0. The SMILES string of the molecule is C=C/C(Nc1c(C)cc(C)cc1C)=C(\C=C)c1c(C)ccc2ccccc12. The number of anilines is 1. The molecule has 27 heavy (non-hydrogen) atoms. The van der Waals surface area contributed by atoms with Crippen LogP contribution in [0, 0.1) is 27.7 Å². The third-order valence-electron chi connectivity index (χ3n) is 5.04. The van der Waals surface area contributed by atoms with Gasteiger partial charge in [0, 0.05) is 17.0 Å². The van der Waals surface area contributed by atoms with E-state index in [1.807, 2.05) is 12.2 Å². The van der Waals surface area contributed by atoms with E-state index in [-0.39, 0.29) is 0 Å². The molecule has 0 saturated heterocycles. The van der Waals surface area contributed by atoms with Gasteiger partial charge in [0.1, 0.15) is 0 Å². The lowest BCUT2D eigenvalue weighted by Gasteiger charge is -2.19. The highest BCUT2D eigenvalue weighted by Crippen LogP contribution is 2.33. The second-order valence-electron chi connectivity index (χ2n) is 7.11. The van der Waals surface area contributed by atoms with Crippen molar-refractivity contribution in [2.75, 3.05) is 5.32 Å². The summed E-state index contributed by atoms with van der Waals surface area (Å²) < 4.78 is 0. The van der Waals surface area contributed by atoms with Crippen LogP contribution in [0.3, 0.4) is 0 Å². The van der Waals surface area contributed by atoms with Gasteiger partial charge in [0.05, 0.1) is 0 Å². The Kier molecular flexibility index (Phi) is 5.32. The largest absolute Gasteiger partial charge is 0.355 e. The second-order valence-corrected chi connectivity index (χ2v) is 7.11. The average molecular weight is 354 g/mol. The van der Waals surface area contributed by atoms with E-state index in [1.54, 1.807) is 0 Å². The molecule has 0 atom stereocenters. The Morgan fingerprint density at radius 2 is 1.48 bits per heavy atom. The maximum Gasteiger partial charge on any atom is 0.0458 e. The first kappa shape index (κ1) is 18.7. The molecule has 1 nitrogen and oxygen atoms in total. The van der Waals surface area contributed by atoms with Crippen molar-refractivity contribution in [1.82, 2.24) is 0 Å². The summed E-state index contributed by atoms with van der Waals surface area (Å²) >= 11 is 0. The van der Waals surface area contributed by atoms with Crippen molar-refractivity contribution < 1.29 is 0 Å². The van der Waals surface area contributed by atoms with Crippen molar-refractivity contribution in [3.8, 4) is 0 Å². The number of allylic oxidation sites excluding steroid dienone is 3. The molecule has 0 unspecified atom stereocenters. The van der Waals surface area contributed by atoms with Crippen LogP contribution in [-0.2, 0) is 0 Å². The average Bonchev–Trinajstić information content (AvgIpc) is 2.64. The van der Waals surface area contributed by atoms with E-state index in [1.165, 1.54) is 38.6 Å². The van der Waals surface area contributed by atoms with Crippen LogP contribution in [0.2, 0.25) is 0 Å². The number of fused-ring (bicyclic) bond motifs is 1. The molecule has 1 heteroatoms. The van der Waals surface area contributed by atoms with Gasteiger partial charge in [-0.1, -0.05) is 73.3 Å². The fourth-order valence-electron chi connectivity index (χ4n) is 3.82. The van der Waals surface area contributed by atoms with E-state index in [0.29, 0.717) is 0 Å². The Labute approximate surface area is 162 Å². The second kappa shape index (κ2) is 7.67. The Morgan fingerprint density at radius 3 is 2.11 bits per heavy atom. The summed E-state index contributed by atoms with van der Waals surface area (Å²) in [6.45, 7) is 16.7. The topological polar surface area (TPSA) is 12.0 Å². The van der Waals surface area contributed by atoms with Crippen LogP contribution in [0.25, 0.3) is 16.3 Å². The maximum absolute atomic E-state index is 4.11. The van der Waals surface area contributed by atoms with Crippen molar-refractivity contribution in [3.63, 3.8) is 0 Å². The minimum Gasteiger partial charge on any atom is -0.355 e. The number of rotatable bonds is 5. The fraction of sp³-hybridized carbons (Fsp3) is 0.154. The van der Waals surface area contributed by atoms with Crippen molar-refractivity contribution in [2.24, 2.45) is 0 Å². The molecule has 0 bridgehead atoms. The van der Waals surface area contributed by atoms with Gasteiger partial charge >= 0.3 is 0 Å². The standard InChI is InChI=1S/C26H27N/c1-7-22(25-18(4)13-14-21-11-9-10-12-23(21)25)24(8-2)27-26-19(5)15-17(3)16-20(26)6/h7-16,27H,1-2H2,3-6H3/b24-22-. The van der Waals surface area contributed by atoms with Gasteiger partial charge < -0.3 is 5.32 Å². The molecule has 0 spiro atoms. The maximum atomic E-state index is 4.11. The highest BCUT2D eigenvalue weighted by atomic mass is 14.9. The minimum atomic E-state index is 0.972. The third kappa shape index (κ3) is 3.59. The summed E-state index contributed by atoms with van der Waals surface area (Å²) in [6.07, 6.45) is 3.81. The molecular weight excluding hydrogens is 326 g/mol. The molecule has 0 amide bonds. The highest BCUT2D eigenvalue weighted by molar-refractivity contribution is 5.99. The first-order valence-corrected chi connectivity index (χ1v) is 9.29. The van der Waals surface area contributed by atoms with Gasteiger partial charge in [0.2, 0.25) is 0 Å². The molecule has 1 N–H and O–H groups in total. The summed E-state index contributed by atoms with van der Waals surface area (Å²) in [5.41, 5.74) is 9.32. The van der Waals surface area contributed by atoms with Gasteiger partial charge in [-0.25, -0.2) is 0 Å². The molecule has 0 aromatic heterocycles. The summed E-state index contributed by atoms with van der Waals surface area (Å²) in [7, 11) is 0. The van der Waals surface area contributed by atoms with Gasteiger partial charge in [0.15, 0.2) is 0 Å². The van der Waals surface area contributed by atoms with Crippen LogP contribution in [-0.4, -0.2) is 0 Å². The summed E-state index contributed by atoms with van der Waals surface area (Å²) in [6, 6.07) is 17.2. The number of aryl methyl sites for hydroxylation is 4. The Morgan fingerprint density at radius 1 is 0.815 bits per heavy atom. The Hall–Kier alpha value is -3.06. The van der Waals surface area contributed by atoms with E-state index in [4.69, 9.17) is 0 Å². The van der Waals surface area contributed by atoms with Gasteiger partial charge in [0.25, 0.3) is 0 Å². The predicted octanol–water partition coefficient (Wildman–Crippen LogP) is 7.27. The molecule has 3 aromatic carbocycles. The lowest BCUT2D eigenvalue weighted by molar-refractivity contribution is 1.29. The van der Waals surface area contributed by atoms with E-state index in [0.717, 1.165) is 17.0 Å². The van der Waals surface area contributed by atoms with Crippen LogP contribution < -0.4 is 5.32 Å². The first-order valence-electron chi connectivity index (χ1n) is 9.29. The lowest BCUT2D eigenvalue weighted by atomic mass is 9.92. The molecule has 3 aromatic rings. The molecule has 3 rings (SSSR count). The van der Waals surface area contributed by atoms with Crippen molar-refractivity contribution >= 4 is 22.0 Å². The Bertz CT molecular complexity index is 1040. The summed E-state index contributed by atoms with van der Waals surface area (Å²) in [5, 5.41) is 6.08. The zero-order chi connectivity index (χ0) is 19.6. The van der Waals surface area contributed by atoms with E-state index in [9.17, 15) is 0 Å². The molecule has 0 heterocycles. The predicted molar refractivity (Wildman–Crippen MR) is 120 cm³/mol. The molecule has 0 radical (unpaired) electrons. The number of benzene rings is 3. The molecule has 0 fully saturated rings. The van der Waals surface area contributed by atoms with Crippen LogP contribution in [0.5, 0.6) is 0 Å². The van der Waals surface area contributed by atoms with Gasteiger partial charge in [-0.15, -0.1) is 0 Å². The van der Waals surface area contributed by atoms with E-state index in [2.05, 4.69) is 94.7 Å². The zero-order valence-electron chi connectivity index (χ0n) is 16.7. The summed E-state index contributed by atoms with van der Waals surface area (Å²) in [4.78, 5) is 0.